The van der Waals surface area contributed by atoms with E-state index in [4.69, 9.17) is 0 Å². The number of hydrogen-bond acceptors (Lipinski definition) is 1. The maximum atomic E-state index is 11.5. The van der Waals surface area contributed by atoms with Crippen LogP contribution >= 0.6 is 0 Å². The Labute approximate surface area is 70.2 Å². The maximum Gasteiger partial charge on any atom is 0.139 e. The van der Waals surface area contributed by atoms with Gasteiger partial charge in [0, 0.05) is 11.8 Å². The lowest BCUT2D eigenvalue weighted by molar-refractivity contribution is -0.126. The molecule has 0 saturated heterocycles. The van der Waals surface area contributed by atoms with Crippen molar-refractivity contribution in [2.75, 3.05) is 0 Å². The second-order valence-electron chi connectivity index (χ2n) is 3.16. The van der Waals surface area contributed by atoms with Crippen molar-refractivity contribution >= 4 is 5.78 Å². The first kappa shape index (κ1) is 10.7. The van der Waals surface area contributed by atoms with E-state index in [1.165, 1.54) is 0 Å². The highest BCUT2D eigenvalue weighted by molar-refractivity contribution is 5.85. The van der Waals surface area contributed by atoms with Gasteiger partial charge in [0.15, 0.2) is 0 Å². The summed E-state index contributed by atoms with van der Waals surface area (Å²) >= 11 is 0. The van der Waals surface area contributed by atoms with Gasteiger partial charge in [-0.1, -0.05) is 20.8 Å². The summed E-state index contributed by atoms with van der Waals surface area (Å²) in [5.74, 6) is 0.324. The zero-order valence-corrected chi connectivity index (χ0v) is 7.94. The predicted octanol–water partition coefficient (Wildman–Crippen LogP) is 3.00. The van der Waals surface area contributed by atoms with E-state index >= 15 is 0 Å². The van der Waals surface area contributed by atoms with E-state index < -0.39 is 0 Å². The minimum atomic E-state index is -0.296. The SMILES string of the molecule is [CH2]C(CC)(CC)C(=O)CCC. The number of carbonyl (C=O) groups is 1. The van der Waals surface area contributed by atoms with Crippen molar-refractivity contribution in [1.29, 1.82) is 0 Å². The van der Waals surface area contributed by atoms with E-state index in [9.17, 15) is 4.79 Å². The molecule has 0 aliphatic rings. The summed E-state index contributed by atoms with van der Waals surface area (Å²) in [4.78, 5) is 11.5. The summed E-state index contributed by atoms with van der Waals surface area (Å²) < 4.78 is 0. The van der Waals surface area contributed by atoms with Crippen LogP contribution in [0.5, 0.6) is 0 Å². The van der Waals surface area contributed by atoms with E-state index in [0.29, 0.717) is 12.2 Å². The van der Waals surface area contributed by atoms with Crippen LogP contribution in [0, 0.1) is 12.3 Å². The van der Waals surface area contributed by atoms with Gasteiger partial charge < -0.3 is 0 Å². The Morgan fingerprint density at radius 3 is 2.00 bits per heavy atom. The third-order valence-electron chi connectivity index (χ3n) is 2.42. The topological polar surface area (TPSA) is 17.1 Å². The van der Waals surface area contributed by atoms with Crippen molar-refractivity contribution in [3.63, 3.8) is 0 Å². The number of ketones is 1. The van der Waals surface area contributed by atoms with Crippen molar-refractivity contribution < 1.29 is 4.79 Å². The average molecular weight is 155 g/mol. The molecule has 0 spiro atoms. The van der Waals surface area contributed by atoms with E-state index in [0.717, 1.165) is 19.3 Å². The van der Waals surface area contributed by atoms with Crippen LogP contribution in [0.3, 0.4) is 0 Å². The Balaban J connectivity index is 4.12. The van der Waals surface area contributed by atoms with E-state index in [1.54, 1.807) is 0 Å². The van der Waals surface area contributed by atoms with Gasteiger partial charge in [0.25, 0.3) is 0 Å². The van der Waals surface area contributed by atoms with Gasteiger partial charge in [0.1, 0.15) is 5.78 Å². The minimum absolute atomic E-state index is 0.296. The third kappa shape index (κ3) is 2.64. The highest BCUT2D eigenvalue weighted by Crippen LogP contribution is 2.27. The lowest BCUT2D eigenvalue weighted by Crippen LogP contribution is -2.26. The first-order valence-electron chi connectivity index (χ1n) is 4.49. The summed E-state index contributed by atoms with van der Waals surface area (Å²) in [6, 6.07) is 0. The quantitative estimate of drug-likeness (QED) is 0.596. The maximum absolute atomic E-state index is 11.5. The molecule has 0 N–H and O–H groups in total. The van der Waals surface area contributed by atoms with E-state index in [1.807, 2.05) is 20.8 Å². The van der Waals surface area contributed by atoms with Crippen molar-refractivity contribution in [1.82, 2.24) is 0 Å². The molecule has 0 aromatic rings. The Bertz CT molecular complexity index is 123. The third-order valence-corrected chi connectivity index (χ3v) is 2.42. The van der Waals surface area contributed by atoms with Crippen molar-refractivity contribution in [2.45, 2.75) is 46.5 Å². The fraction of sp³-hybridized carbons (Fsp3) is 0.800. The number of rotatable bonds is 5. The summed E-state index contributed by atoms with van der Waals surface area (Å²) in [6.45, 7) is 10.1. The fourth-order valence-corrected chi connectivity index (χ4v) is 1.14. The van der Waals surface area contributed by atoms with Crippen LogP contribution in [-0.4, -0.2) is 5.78 Å². The van der Waals surface area contributed by atoms with Crippen molar-refractivity contribution in [2.24, 2.45) is 5.41 Å². The predicted molar refractivity (Wildman–Crippen MR) is 48.3 cm³/mol. The highest BCUT2D eigenvalue weighted by Gasteiger charge is 2.27. The van der Waals surface area contributed by atoms with Gasteiger partial charge in [-0.2, -0.15) is 0 Å². The zero-order valence-electron chi connectivity index (χ0n) is 7.94. The molecule has 1 nitrogen and oxygen atoms in total. The molecule has 0 aromatic carbocycles. The molecule has 0 aliphatic heterocycles. The monoisotopic (exact) mass is 155 g/mol. The zero-order chi connectivity index (χ0) is 8.91. The van der Waals surface area contributed by atoms with Gasteiger partial charge in [0.2, 0.25) is 0 Å². The molecule has 0 aromatic heterocycles. The van der Waals surface area contributed by atoms with Crippen LogP contribution in [0.15, 0.2) is 0 Å². The van der Waals surface area contributed by atoms with Gasteiger partial charge in [0.05, 0.1) is 0 Å². The Morgan fingerprint density at radius 1 is 1.27 bits per heavy atom. The molecular formula is C10H19O. The largest absolute Gasteiger partial charge is 0.299 e. The number of hydrogen-bond donors (Lipinski definition) is 0. The van der Waals surface area contributed by atoms with Crippen LogP contribution in [0.1, 0.15) is 46.5 Å². The molecule has 0 fully saturated rings. The van der Waals surface area contributed by atoms with Gasteiger partial charge in [-0.15, -0.1) is 0 Å². The molecule has 0 heterocycles. The normalized spacial score (nSPS) is 11.6. The summed E-state index contributed by atoms with van der Waals surface area (Å²) in [6.07, 6.45) is 3.35. The van der Waals surface area contributed by atoms with Gasteiger partial charge in [-0.3, -0.25) is 4.79 Å². The molecule has 1 heteroatoms. The number of Topliss-reactive ketones (excluding diaryl/α,β-unsaturated/α-hetero) is 1. The van der Waals surface area contributed by atoms with Crippen molar-refractivity contribution in [3.8, 4) is 0 Å². The molecule has 0 atom stereocenters. The van der Waals surface area contributed by atoms with Crippen LogP contribution in [0.4, 0.5) is 0 Å². The average Bonchev–Trinajstić information content (AvgIpc) is 2.03. The molecule has 0 amide bonds. The molecular weight excluding hydrogens is 136 g/mol. The molecule has 0 aliphatic carbocycles. The van der Waals surface area contributed by atoms with Gasteiger partial charge in [-0.25, -0.2) is 0 Å². The van der Waals surface area contributed by atoms with E-state index in [2.05, 4.69) is 6.92 Å². The van der Waals surface area contributed by atoms with Crippen LogP contribution in [-0.2, 0) is 4.79 Å². The molecule has 0 bridgehead atoms. The minimum Gasteiger partial charge on any atom is -0.299 e. The molecule has 1 radical (unpaired) electrons. The summed E-state index contributed by atoms with van der Waals surface area (Å²) in [5.41, 5.74) is -0.296. The lowest BCUT2D eigenvalue weighted by atomic mass is 9.79. The van der Waals surface area contributed by atoms with Crippen molar-refractivity contribution in [3.05, 3.63) is 6.92 Å². The second-order valence-corrected chi connectivity index (χ2v) is 3.16. The molecule has 0 unspecified atom stereocenters. The smallest absolute Gasteiger partial charge is 0.139 e. The summed E-state index contributed by atoms with van der Waals surface area (Å²) in [5, 5.41) is 0. The van der Waals surface area contributed by atoms with Gasteiger partial charge in [-0.05, 0) is 26.2 Å². The molecule has 0 saturated carbocycles. The van der Waals surface area contributed by atoms with Gasteiger partial charge >= 0.3 is 0 Å². The fourth-order valence-electron chi connectivity index (χ4n) is 1.14. The first-order chi connectivity index (χ1) is 5.10. The van der Waals surface area contributed by atoms with E-state index in [-0.39, 0.29) is 5.41 Å². The Morgan fingerprint density at radius 2 is 1.73 bits per heavy atom. The second kappa shape index (κ2) is 4.53. The molecule has 65 valence electrons. The van der Waals surface area contributed by atoms with Crippen LogP contribution < -0.4 is 0 Å². The highest BCUT2D eigenvalue weighted by atomic mass is 16.1. The summed E-state index contributed by atoms with van der Waals surface area (Å²) in [7, 11) is 0. The number of carbonyl (C=O) groups excluding carboxylic acids is 1. The lowest BCUT2D eigenvalue weighted by Gasteiger charge is -2.24. The van der Waals surface area contributed by atoms with Crippen LogP contribution in [0.25, 0.3) is 0 Å². The Hall–Kier alpha value is -0.330. The molecule has 11 heavy (non-hydrogen) atoms. The van der Waals surface area contributed by atoms with Crippen LogP contribution in [0.2, 0.25) is 0 Å². The standard InChI is InChI=1S/C10H19O/c1-5-8-9(11)10(4,6-2)7-3/h4-8H2,1-3H3. The Kier molecular flexibility index (Phi) is 4.39. The molecule has 0 rings (SSSR count). The first-order valence-corrected chi connectivity index (χ1v) is 4.49.